The van der Waals surface area contributed by atoms with Crippen LogP contribution in [0.15, 0.2) is 67.0 Å². The molecule has 0 radical (unpaired) electrons. The fourth-order valence-corrected chi connectivity index (χ4v) is 2.79. The van der Waals surface area contributed by atoms with Crippen molar-refractivity contribution in [1.29, 1.82) is 0 Å². The van der Waals surface area contributed by atoms with E-state index in [2.05, 4.69) is 10.3 Å². The lowest BCUT2D eigenvalue weighted by atomic mass is 10.2. The van der Waals surface area contributed by atoms with Gasteiger partial charge in [-0.1, -0.05) is 29.8 Å². The van der Waals surface area contributed by atoms with E-state index in [4.69, 9.17) is 21.1 Å². The largest absolute Gasteiger partial charge is 0.493 e. The standard InChI is InChI=1S/C21H21ClN2O2.ClH/c1-25-21-12-17(14-24-13-16-7-9-23-10-8-16)5-6-20(21)26-15-18-3-2-4-19(22)11-18;/h2-12,24H,13-15H2,1H3;1H. The Morgan fingerprint density at radius 1 is 0.889 bits per heavy atom. The van der Waals surface area contributed by atoms with Crippen molar-refractivity contribution in [1.82, 2.24) is 10.3 Å². The van der Waals surface area contributed by atoms with E-state index < -0.39 is 0 Å². The van der Waals surface area contributed by atoms with Crippen LogP contribution < -0.4 is 14.8 Å². The number of halogens is 2. The first-order valence-corrected chi connectivity index (χ1v) is 8.76. The number of ether oxygens (including phenoxy) is 2. The van der Waals surface area contributed by atoms with Crippen molar-refractivity contribution in [2.45, 2.75) is 19.7 Å². The third kappa shape index (κ3) is 6.43. The minimum absolute atomic E-state index is 0. The van der Waals surface area contributed by atoms with Gasteiger partial charge in [-0.15, -0.1) is 12.4 Å². The van der Waals surface area contributed by atoms with Crippen molar-refractivity contribution >= 4 is 24.0 Å². The number of pyridine rings is 1. The van der Waals surface area contributed by atoms with Gasteiger partial charge in [-0.05, 0) is 53.1 Å². The van der Waals surface area contributed by atoms with E-state index in [0.717, 1.165) is 30.0 Å². The zero-order valence-corrected chi connectivity index (χ0v) is 16.6. The minimum Gasteiger partial charge on any atom is -0.493 e. The molecule has 1 N–H and O–H groups in total. The SMILES string of the molecule is COc1cc(CNCc2ccncc2)ccc1OCc1cccc(Cl)c1.Cl. The monoisotopic (exact) mass is 404 g/mol. The molecule has 1 heterocycles. The molecule has 0 unspecified atom stereocenters. The molecule has 0 spiro atoms. The summed E-state index contributed by atoms with van der Waals surface area (Å²) < 4.78 is 11.4. The highest BCUT2D eigenvalue weighted by Crippen LogP contribution is 2.29. The Hall–Kier alpha value is -2.27. The molecule has 0 bridgehead atoms. The molecule has 0 aliphatic heterocycles. The molecule has 6 heteroatoms. The van der Waals surface area contributed by atoms with Crippen molar-refractivity contribution < 1.29 is 9.47 Å². The van der Waals surface area contributed by atoms with Gasteiger partial charge < -0.3 is 14.8 Å². The maximum absolute atomic E-state index is 6.01. The Labute approximate surface area is 170 Å². The molecule has 0 amide bonds. The summed E-state index contributed by atoms with van der Waals surface area (Å²) in [4.78, 5) is 4.02. The molecule has 2 aromatic carbocycles. The first kappa shape index (κ1) is 21.0. The van der Waals surface area contributed by atoms with Gasteiger partial charge >= 0.3 is 0 Å². The summed E-state index contributed by atoms with van der Waals surface area (Å²) >= 11 is 6.01. The molecule has 3 rings (SSSR count). The van der Waals surface area contributed by atoms with E-state index in [9.17, 15) is 0 Å². The van der Waals surface area contributed by atoms with E-state index in [-0.39, 0.29) is 12.4 Å². The van der Waals surface area contributed by atoms with Crippen LogP contribution in [0, 0.1) is 0 Å². The number of rotatable bonds is 8. The normalized spacial score (nSPS) is 10.1. The quantitative estimate of drug-likeness (QED) is 0.571. The van der Waals surface area contributed by atoms with Gasteiger partial charge in [0.2, 0.25) is 0 Å². The van der Waals surface area contributed by atoms with E-state index in [1.165, 1.54) is 5.56 Å². The lowest BCUT2D eigenvalue weighted by Crippen LogP contribution is -2.12. The Bertz CT molecular complexity index is 845. The summed E-state index contributed by atoms with van der Waals surface area (Å²) in [6.45, 7) is 1.97. The fraction of sp³-hybridized carbons (Fsp3) is 0.190. The third-order valence-electron chi connectivity index (χ3n) is 3.92. The molecule has 3 aromatic rings. The molecule has 4 nitrogen and oxygen atoms in total. The van der Waals surface area contributed by atoms with Crippen molar-refractivity contribution in [2.75, 3.05) is 7.11 Å². The summed E-state index contributed by atoms with van der Waals surface area (Å²) in [7, 11) is 1.65. The summed E-state index contributed by atoms with van der Waals surface area (Å²) in [5, 5.41) is 4.12. The maximum atomic E-state index is 6.01. The average molecular weight is 405 g/mol. The van der Waals surface area contributed by atoms with Gasteiger partial charge in [0.1, 0.15) is 6.61 Å². The van der Waals surface area contributed by atoms with Crippen LogP contribution in [-0.4, -0.2) is 12.1 Å². The molecular formula is C21H22Cl2N2O2. The van der Waals surface area contributed by atoms with Gasteiger partial charge in [-0.3, -0.25) is 4.98 Å². The van der Waals surface area contributed by atoms with E-state index >= 15 is 0 Å². The number of hydrogen-bond donors (Lipinski definition) is 1. The molecule has 1 aromatic heterocycles. The van der Waals surface area contributed by atoms with Gasteiger partial charge in [-0.2, -0.15) is 0 Å². The molecule has 27 heavy (non-hydrogen) atoms. The van der Waals surface area contributed by atoms with Crippen LogP contribution in [-0.2, 0) is 19.7 Å². The molecule has 0 aliphatic carbocycles. The van der Waals surface area contributed by atoms with Crippen LogP contribution in [0.5, 0.6) is 11.5 Å². The minimum atomic E-state index is 0. The highest BCUT2D eigenvalue weighted by Gasteiger charge is 2.07. The number of hydrogen-bond acceptors (Lipinski definition) is 4. The Balaban J connectivity index is 0.00000261. The van der Waals surface area contributed by atoms with E-state index in [1.807, 2.05) is 54.6 Å². The number of aromatic nitrogens is 1. The first-order valence-electron chi connectivity index (χ1n) is 8.38. The van der Waals surface area contributed by atoms with Gasteiger partial charge in [0.25, 0.3) is 0 Å². The smallest absolute Gasteiger partial charge is 0.161 e. The molecular weight excluding hydrogens is 383 g/mol. The van der Waals surface area contributed by atoms with Crippen molar-refractivity contribution in [3.05, 3.63) is 88.7 Å². The second kappa shape index (κ2) is 10.8. The molecule has 0 atom stereocenters. The second-order valence-electron chi connectivity index (χ2n) is 5.86. The van der Waals surface area contributed by atoms with Crippen LogP contribution in [0.2, 0.25) is 5.02 Å². The summed E-state index contributed by atoms with van der Waals surface area (Å²) in [6.07, 6.45) is 3.60. The van der Waals surface area contributed by atoms with Crippen molar-refractivity contribution in [3.8, 4) is 11.5 Å². The van der Waals surface area contributed by atoms with Gasteiger partial charge in [0, 0.05) is 30.5 Å². The van der Waals surface area contributed by atoms with Crippen LogP contribution in [0.1, 0.15) is 16.7 Å². The molecule has 0 fully saturated rings. The maximum Gasteiger partial charge on any atom is 0.161 e. The van der Waals surface area contributed by atoms with Gasteiger partial charge in [0.15, 0.2) is 11.5 Å². The fourth-order valence-electron chi connectivity index (χ4n) is 2.58. The number of nitrogens with zero attached hydrogens (tertiary/aromatic N) is 1. The molecule has 0 saturated heterocycles. The van der Waals surface area contributed by atoms with E-state index in [0.29, 0.717) is 17.4 Å². The van der Waals surface area contributed by atoms with Gasteiger partial charge in [0.05, 0.1) is 7.11 Å². The van der Waals surface area contributed by atoms with Crippen LogP contribution >= 0.6 is 24.0 Å². The zero-order valence-electron chi connectivity index (χ0n) is 15.0. The number of methoxy groups -OCH3 is 1. The lowest BCUT2D eigenvalue weighted by molar-refractivity contribution is 0.284. The van der Waals surface area contributed by atoms with Crippen LogP contribution in [0.3, 0.4) is 0 Å². The molecule has 0 saturated carbocycles. The third-order valence-corrected chi connectivity index (χ3v) is 4.15. The topological polar surface area (TPSA) is 43.4 Å². The highest BCUT2D eigenvalue weighted by molar-refractivity contribution is 6.30. The highest BCUT2D eigenvalue weighted by atomic mass is 35.5. The predicted octanol–water partition coefficient (Wildman–Crippen LogP) is 5.03. The number of benzene rings is 2. The second-order valence-corrected chi connectivity index (χ2v) is 6.30. The first-order chi connectivity index (χ1) is 12.7. The summed E-state index contributed by atoms with van der Waals surface area (Å²) in [6, 6.07) is 17.6. The molecule has 0 aliphatic rings. The Kier molecular flexibility index (Phi) is 8.40. The summed E-state index contributed by atoms with van der Waals surface area (Å²) in [5.74, 6) is 1.43. The predicted molar refractivity (Wildman–Crippen MR) is 111 cm³/mol. The zero-order chi connectivity index (χ0) is 18.2. The van der Waals surface area contributed by atoms with Gasteiger partial charge in [-0.25, -0.2) is 0 Å². The van der Waals surface area contributed by atoms with Crippen LogP contribution in [0.25, 0.3) is 0 Å². The average Bonchev–Trinajstić information content (AvgIpc) is 2.67. The van der Waals surface area contributed by atoms with Crippen LogP contribution in [0.4, 0.5) is 0 Å². The van der Waals surface area contributed by atoms with Crippen molar-refractivity contribution in [2.24, 2.45) is 0 Å². The Morgan fingerprint density at radius 3 is 2.41 bits per heavy atom. The Morgan fingerprint density at radius 2 is 1.67 bits per heavy atom. The number of nitrogens with one attached hydrogen (secondary N) is 1. The summed E-state index contributed by atoms with van der Waals surface area (Å²) in [5.41, 5.74) is 3.35. The molecule has 142 valence electrons. The van der Waals surface area contributed by atoms with E-state index in [1.54, 1.807) is 19.5 Å². The lowest BCUT2D eigenvalue weighted by Gasteiger charge is -2.13. The van der Waals surface area contributed by atoms with Crippen molar-refractivity contribution in [3.63, 3.8) is 0 Å².